The van der Waals surface area contributed by atoms with E-state index in [-0.39, 0.29) is 22.6 Å². The Morgan fingerprint density at radius 1 is 1.04 bits per heavy atom. The van der Waals surface area contributed by atoms with Crippen LogP contribution < -0.4 is 0 Å². The monoisotopic (exact) mass is 351 g/mol. The van der Waals surface area contributed by atoms with Crippen LogP contribution in [0.25, 0.3) is 11.6 Å². The number of phenolic OH excluding ortho intramolecular Hbond substituents is 2. The van der Waals surface area contributed by atoms with E-state index in [0.717, 1.165) is 12.1 Å². The fourth-order valence-electron chi connectivity index (χ4n) is 3.28. The van der Waals surface area contributed by atoms with Crippen LogP contribution in [0.4, 0.5) is 8.78 Å². The van der Waals surface area contributed by atoms with Crippen molar-refractivity contribution >= 4 is 11.6 Å². The zero-order valence-corrected chi connectivity index (χ0v) is 13.2. The van der Waals surface area contributed by atoms with Gasteiger partial charge in [0, 0.05) is 11.6 Å². The zero-order valence-electron chi connectivity index (χ0n) is 13.2. The average molecular weight is 351 g/mol. The normalized spacial score (nSPS) is 15.4. The molecule has 0 bridgehead atoms. The summed E-state index contributed by atoms with van der Waals surface area (Å²) in [6, 6.07) is 9.71. The molecule has 0 amide bonds. The fraction of sp³-hybridized carbons (Fsp3) is 0.0500. The minimum absolute atomic E-state index is 0.233. The third-order valence-electron chi connectivity index (χ3n) is 4.43. The predicted octanol–water partition coefficient (Wildman–Crippen LogP) is 4.53. The molecule has 128 valence electrons. The Labute approximate surface area is 146 Å². The molecule has 2 aromatic carbocycles. The van der Waals surface area contributed by atoms with Crippen molar-refractivity contribution in [1.29, 1.82) is 5.26 Å². The molecular formula is C20H11F2NO3. The van der Waals surface area contributed by atoms with Crippen molar-refractivity contribution in [2.45, 2.75) is 5.92 Å². The van der Waals surface area contributed by atoms with E-state index in [9.17, 15) is 24.3 Å². The van der Waals surface area contributed by atoms with Crippen molar-refractivity contribution in [2.24, 2.45) is 0 Å². The van der Waals surface area contributed by atoms with Gasteiger partial charge in [0.15, 0.2) is 11.6 Å². The second-order valence-electron chi connectivity index (χ2n) is 5.94. The number of allylic oxidation sites excluding steroid dienone is 1. The summed E-state index contributed by atoms with van der Waals surface area (Å²) in [6.07, 6.45) is 2.88. The van der Waals surface area contributed by atoms with Crippen LogP contribution in [0.3, 0.4) is 0 Å². The highest BCUT2D eigenvalue weighted by Gasteiger charge is 2.34. The van der Waals surface area contributed by atoms with Crippen LogP contribution in [0.15, 0.2) is 47.1 Å². The highest BCUT2D eigenvalue weighted by molar-refractivity contribution is 5.94. The van der Waals surface area contributed by atoms with E-state index in [1.54, 1.807) is 0 Å². The summed E-state index contributed by atoms with van der Waals surface area (Å²) in [5.41, 5.74) is 1.81. The molecule has 0 fully saturated rings. The first-order valence-electron chi connectivity index (χ1n) is 7.70. The van der Waals surface area contributed by atoms with E-state index < -0.39 is 23.3 Å². The quantitative estimate of drug-likeness (QED) is 0.711. The largest absolute Gasteiger partial charge is 0.508 e. The molecule has 1 unspecified atom stereocenters. The molecule has 0 saturated heterocycles. The minimum atomic E-state index is -0.818. The third-order valence-corrected chi connectivity index (χ3v) is 4.43. The maximum Gasteiger partial charge on any atom is 0.165 e. The maximum atomic E-state index is 14.4. The molecule has 2 N–H and O–H groups in total. The smallest absolute Gasteiger partial charge is 0.165 e. The average Bonchev–Trinajstić information content (AvgIpc) is 3.21. The van der Waals surface area contributed by atoms with Crippen LogP contribution in [0.1, 0.15) is 33.9 Å². The molecule has 0 aliphatic heterocycles. The molecule has 26 heavy (non-hydrogen) atoms. The first kappa shape index (κ1) is 15.9. The summed E-state index contributed by atoms with van der Waals surface area (Å²) >= 11 is 0. The number of nitrogens with zero attached hydrogens (tertiary/aromatic N) is 1. The summed E-state index contributed by atoms with van der Waals surface area (Å²) in [5, 5.41) is 28.5. The zero-order chi connectivity index (χ0) is 18.4. The van der Waals surface area contributed by atoms with Crippen molar-refractivity contribution in [3.63, 3.8) is 0 Å². The Morgan fingerprint density at radius 2 is 1.85 bits per heavy atom. The number of hydrogen-bond donors (Lipinski definition) is 2. The second kappa shape index (κ2) is 5.74. The van der Waals surface area contributed by atoms with Crippen LogP contribution in [-0.4, -0.2) is 10.2 Å². The lowest BCUT2D eigenvalue weighted by molar-refractivity contribution is 0.432. The lowest BCUT2D eigenvalue weighted by Gasteiger charge is -2.16. The molecule has 1 aliphatic rings. The van der Waals surface area contributed by atoms with Crippen molar-refractivity contribution in [2.75, 3.05) is 0 Å². The Hall–Kier alpha value is -3.59. The van der Waals surface area contributed by atoms with Gasteiger partial charge in [-0.1, -0.05) is 6.07 Å². The van der Waals surface area contributed by atoms with Gasteiger partial charge < -0.3 is 14.6 Å². The van der Waals surface area contributed by atoms with E-state index >= 15 is 0 Å². The third kappa shape index (κ3) is 2.33. The number of hydrogen-bond acceptors (Lipinski definition) is 4. The standard InChI is InChI=1S/C20H11F2NO3/c21-16-7-12(24)6-15-14(16)8-13(10-1-2-18(25)17(22)5-10)19(15)20-11(9-23)3-4-26-20/h1-8,19,24-25H. The number of rotatable bonds is 2. The number of fused-ring (bicyclic) bond motifs is 1. The molecule has 1 atom stereocenters. The van der Waals surface area contributed by atoms with Crippen LogP contribution >= 0.6 is 0 Å². The molecule has 0 saturated carbocycles. The first-order valence-corrected chi connectivity index (χ1v) is 7.70. The van der Waals surface area contributed by atoms with Crippen LogP contribution in [-0.2, 0) is 0 Å². The molecule has 4 rings (SSSR count). The summed E-state index contributed by atoms with van der Waals surface area (Å²) in [6.45, 7) is 0. The summed E-state index contributed by atoms with van der Waals surface area (Å²) in [7, 11) is 0. The maximum absolute atomic E-state index is 14.4. The molecule has 3 aromatic rings. The van der Waals surface area contributed by atoms with Gasteiger partial charge in [0.25, 0.3) is 0 Å². The number of benzene rings is 2. The lowest BCUT2D eigenvalue weighted by Crippen LogP contribution is -2.03. The number of halogens is 2. The van der Waals surface area contributed by atoms with Crippen LogP contribution in [0.2, 0.25) is 0 Å². The van der Waals surface area contributed by atoms with Gasteiger partial charge in [-0.2, -0.15) is 5.26 Å². The Kier molecular flexibility index (Phi) is 3.51. The number of phenols is 2. The number of furan rings is 1. The Morgan fingerprint density at radius 3 is 2.58 bits per heavy atom. The minimum Gasteiger partial charge on any atom is -0.508 e. The Balaban J connectivity index is 1.97. The summed E-state index contributed by atoms with van der Waals surface area (Å²) < 4.78 is 33.7. The van der Waals surface area contributed by atoms with E-state index in [2.05, 4.69) is 0 Å². The van der Waals surface area contributed by atoms with Crippen LogP contribution in [0, 0.1) is 23.0 Å². The molecule has 1 aromatic heterocycles. The fourth-order valence-corrected chi connectivity index (χ4v) is 3.28. The highest BCUT2D eigenvalue weighted by Crippen LogP contribution is 2.49. The molecule has 0 radical (unpaired) electrons. The van der Waals surface area contributed by atoms with Gasteiger partial charge in [0.05, 0.1) is 17.7 Å². The van der Waals surface area contributed by atoms with E-state index in [1.165, 1.54) is 36.6 Å². The number of nitriles is 1. The van der Waals surface area contributed by atoms with E-state index in [1.807, 2.05) is 6.07 Å². The summed E-state index contributed by atoms with van der Waals surface area (Å²) in [4.78, 5) is 0. The van der Waals surface area contributed by atoms with Crippen molar-refractivity contribution in [3.05, 3.63) is 82.3 Å². The van der Waals surface area contributed by atoms with E-state index in [0.29, 0.717) is 16.7 Å². The molecular weight excluding hydrogens is 340 g/mol. The van der Waals surface area contributed by atoms with Gasteiger partial charge in [-0.25, -0.2) is 8.78 Å². The SMILES string of the molecule is N#Cc1ccoc1C1C(c2ccc(O)c(F)c2)=Cc2c(F)cc(O)cc21. The first-order chi connectivity index (χ1) is 12.5. The van der Waals surface area contributed by atoms with Gasteiger partial charge in [-0.05, 0) is 47.0 Å². The molecule has 0 spiro atoms. The van der Waals surface area contributed by atoms with Gasteiger partial charge in [0.2, 0.25) is 0 Å². The molecule has 1 heterocycles. The van der Waals surface area contributed by atoms with Crippen molar-refractivity contribution in [1.82, 2.24) is 0 Å². The van der Waals surface area contributed by atoms with Gasteiger partial charge in [0.1, 0.15) is 23.4 Å². The van der Waals surface area contributed by atoms with E-state index in [4.69, 9.17) is 4.42 Å². The topological polar surface area (TPSA) is 77.4 Å². The molecule has 6 heteroatoms. The van der Waals surface area contributed by atoms with Crippen LogP contribution in [0.5, 0.6) is 11.5 Å². The van der Waals surface area contributed by atoms with Gasteiger partial charge >= 0.3 is 0 Å². The van der Waals surface area contributed by atoms with Gasteiger partial charge in [-0.15, -0.1) is 0 Å². The summed E-state index contributed by atoms with van der Waals surface area (Å²) in [5.74, 6) is -2.63. The van der Waals surface area contributed by atoms with Crippen molar-refractivity contribution in [3.8, 4) is 17.6 Å². The predicted molar refractivity (Wildman–Crippen MR) is 89.3 cm³/mol. The highest BCUT2D eigenvalue weighted by atomic mass is 19.1. The second-order valence-corrected chi connectivity index (χ2v) is 5.94. The Bertz CT molecular complexity index is 1110. The van der Waals surface area contributed by atoms with Gasteiger partial charge in [-0.3, -0.25) is 0 Å². The molecule has 4 nitrogen and oxygen atoms in total. The lowest BCUT2D eigenvalue weighted by atomic mass is 9.87. The number of aromatic hydroxyl groups is 2. The van der Waals surface area contributed by atoms with Crippen molar-refractivity contribution < 1.29 is 23.4 Å². The molecule has 1 aliphatic carbocycles.